The summed E-state index contributed by atoms with van der Waals surface area (Å²) >= 11 is 0. The van der Waals surface area contributed by atoms with Gasteiger partial charge in [-0.2, -0.15) is 0 Å². The van der Waals surface area contributed by atoms with Crippen molar-refractivity contribution in [3.63, 3.8) is 0 Å². The molecule has 88 valence electrons. The van der Waals surface area contributed by atoms with Crippen LogP contribution in [0.3, 0.4) is 0 Å². The molecule has 0 aliphatic heterocycles. The van der Waals surface area contributed by atoms with Crippen molar-refractivity contribution in [3.05, 3.63) is 11.4 Å². The minimum absolute atomic E-state index is 0.157. The van der Waals surface area contributed by atoms with Crippen LogP contribution in [-0.4, -0.2) is 23.1 Å². The van der Waals surface area contributed by atoms with Gasteiger partial charge in [-0.15, -0.1) is 0 Å². The Bertz CT molecular complexity index is 512. The number of hydrogen-bond donors (Lipinski definition) is 2. The standard InChI is InChI=1S/C9H14N4O3/c1-3-11(4-2)9-7(10)8-6(16-9)5-12(14)13(8)15/h5,14H,3-4,10H2,1-2H3. The molecule has 0 bridgehead atoms. The molecule has 0 aliphatic carbocycles. The van der Waals surface area contributed by atoms with Crippen LogP contribution in [0.2, 0.25) is 0 Å². The number of nitrogens with zero attached hydrogens (tertiary/aromatic N) is 3. The summed E-state index contributed by atoms with van der Waals surface area (Å²) in [7, 11) is 0. The van der Waals surface area contributed by atoms with E-state index in [2.05, 4.69) is 0 Å². The third kappa shape index (κ3) is 1.24. The monoisotopic (exact) mass is 226 g/mol. The Hall–Kier alpha value is -2.05. The number of furan rings is 1. The van der Waals surface area contributed by atoms with Crippen LogP contribution in [0.25, 0.3) is 11.1 Å². The molecule has 2 aromatic heterocycles. The van der Waals surface area contributed by atoms with E-state index in [-0.39, 0.29) is 16.8 Å². The van der Waals surface area contributed by atoms with Gasteiger partial charge in [0, 0.05) is 17.9 Å². The van der Waals surface area contributed by atoms with E-state index in [0.29, 0.717) is 15.6 Å². The summed E-state index contributed by atoms with van der Waals surface area (Å²) < 4.78 is 5.44. The molecule has 0 amide bonds. The molecule has 0 saturated carbocycles. The highest BCUT2D eigenvalue weighted by Crippen LogP contribution is 2.32. The predicted octanol–water partition coefficient (Wildman–Crippen LogP) is 0.533. The van der Waals surface area contributed by atoms with E-state index >= 15 is 0 Å². The summed E-state index contributed by atoms with van der Waals surface area (Å²) in [5, 5.41) is 20.6. The Balaban J connectivity index is 2.61. The van der Waals surface area contributed by atoms with E-state index in [1.807, 2.05) is 18.7 Å². The molecule has 0 aliphatic rings. The van der Waals surface area contributed by atoms with Crippen molar-refractivity contribution in [3.8, 4) is 0 Å². The third-order valence-corrected chi connectivity index (χ3v) is 2.59. The van der Waals surface area contributed by atoms with Crippen molar-refractivity contribution in [1.29, 1.82) is 0 Å². The molecule has 2 aromatic rings. The number of hydrogen-bond acceptors (Lipinski definition) is 5. The first-order valence-corrected chi connectivity index (χ1v) is 5.07. The van der Waals surface area contributed by atoms with Crippen LogP contribution in [-0.2, 0) is 0 Å². The number of nitrogens with two attached hydrogens (primary N) is 1. The molecule has 2 heterocycles. The molecule has 0 unspecified atom stereocenters. The second-order valence-electron chi connectivity index (χ2n) is 3.43. The van der Waals surface area contributed by atoms with Crippen LogP contribution < -0.4 is 15.5 Å². The van der Waals surface area contributed by atoms with Crippen molar-refractivity contribution >= 4 is 22.7 Å². The number of rotatable bonds is 3. The van der Waals surface area contributed by atoms with Gasteiger partial charge >= 0.3 is 5.52 Å². The summed E-state index contributed by atoms with van der Waals surface area (Å²) in [6.45, 7) is 5.39. The summed E-state index contributed by atoms with van der Waals surface area (Å²) in [6.07, 6.45) is 1.19. The lowest BCUT2D eigenvalue weighted by Gasteiger charge is -2.17. The molecular weight excluding hydrogens is 212 g/mol. The van der Waals surface area contributed by atoms with Crippen LogP contribution >= 0.6 is 0 Å². The Morgan fingerprint density at radius 1 is 1.56 bits per heavy atom. The second-order valence-corrected chi connectivity index (χ2v) is 3.43. The highest BCUT2D eigenvalue weighted by molar-refractivity contribution is 5.90. The minimum Gasteiger partial charge on any atom is -0.593 e. The number of nitrogen functional groups attached to an aromatic ring is 1. The molecule has 0 aromatic carbocycles. The Morgan fingerprint density at radius 3 is 2.69 bits per heavy atom. The molecule has 0 spiro atoms. The lowest BCUT2D eigenvalue weighted by molar-refractivity contribution is -0.702. The first kappa shape index (κ1) is 10.5. The molecule has 0 atom stereocenters. The zero-order chi connectivity index (χ0) is 11.9. The smallest absolute Gasteiger partial charge is 0.318 e. The first-order valence-electron chi connectivity index (χ1n) is 5.07. The van der Waals surface area contributed by atoms with Crippen LogP contribution in [0.4, 0.5) is 11.6 Å². The lowest BCUT2D eigenvalue weighted by atomic mass is 10.4. The highest BCUT2D eigenvalue weighted by Gasteiger charge is 2.26. The highest BCUT2D eigenvalue weighted by atomic mass is 16.6. The fourth-order valence-electron chi connectivity index (χ4n) is 1.73. The summed E-state index contributed by atoms with van der Waals surface area (Å²) in [5.74, 6) is 0.472. The van der Waals surface area contributed by atoms with Crippen molar-refractivity contribution in [1.82, 2.24) is 4.85 Å². The van der Waals surface area contributed by atoms with E-state index in [1.54, 1.807) is 0 Å². The van der Waals surface area contributed by atoms with E-state index in [9.17, 15) is 5.21 Å². The topological polar surface area (TPSA) is 94.5 Å². The maximum atomic E-state index is 11.4. The van der Waals surface area contributed by atoms with Crippen LogP contribution in [0.15, 0.2) is 10.6 Å². The van der Waals surface area contributed by atoms with Crippen LogP contribution in [0.5, 0.6) is 0 Å². The average Bonchev–Trinajstić information content (AvgIpc) is 2.71. The van der Waals surface area contributed by atoms with Gasteiger partial charge in [0.25, 0.3) is 0 Å². The van der Waals surface area contributed by atoms with Crippen molar-refractivity contribution in [2.24, 2.45) is 0 Å². The third-order valence-electron chi connectivity index (χ3n) is 2.59. The predicted molar refractivity (Wildman–Crippen MR) is 58.3 cm³/mol. The molecule has 7 nitrogen and oxygen atoms in total. The van der Waals surface area contributed by atoms with E-state index in [1.165, 1.54) is 6.20 Å². The van der Waals surface area contributed by atoms with E-state index in [4.69, 9.17) is 15.4 Å². The molecule has 16 heavy (non-hydrogen) atoms. The molecule has 0 fully saturated rings. The van der Waals surface area contributed by atoms with Gasteiger partial charge in [-0.1, -0.05) is 0 Å². The van der Waals surface area contributed by atoms with Gasteiger partial charge in [0.2, 0.25) is 11.5 Å². The minimum atomic E-state index is 0.157. The van der Waals surface area contributed by atoms with Gasteiger partial charge in [0.15, 0.2) is 11.9 Å². The summed E-state index contributed by atoms with van der Waals surface area (Å²) in [5.41, 5.74) is 6.51. The second kappa shape index (κ2) is 3.51. The quantitative estimate of drug-likeness (QED) is 0.452. The fraction of sp³-hybridized carbons (Fsp3) is 0.444. The van der Waals surface area contributed by atoms with Gasteiger partial charge in [-0.05, 0) is 18.7 Å². The molecule has 3 N–H and O–H groups in total. The SMILES string of the molecule is CCN(CC)c1oc2cn(O)[n+]([O-])c2c1N. The maximum Gasteiger partial charge on any atom is 0.318 e. The van der Waals surface area contributed by atoms with Gasteiger partial charge in [-0.3, -0.25) is 0 Å². The number of aromatic nitrogens is 2. The Morgan fingerprint density at radius 2 is 2.19 bits per heavy atom. The number of fused-ring (bicyclic) bond motifs is 1. The summed E-state index contributed by atoms with van der Waals surface area (Å²) in [6, 6.07) is 0. The average molecular weight is 226 g/mol. The van der Waals surface area contributed by atoms with E-state index in [0.717, 1.165) is 13.1 Å². The largest absolute Gasteiger partial charge is 0.593 e. The molecule has 0 saturated heterocycles. The maximum absolute atomic E-state index is 11.4. The lowest BCUT2D eigenvalue weighted by Crippen LogP contribution is -2.36. The van der Waals surface area contributed by atoms with E-state index < -0.39 is 0 Å². The Labute approximate surface area is 91.8 Å². The molecule has 0 radical (unpaired) electrons. The normalized spacial score (nSPS) is 11.1. The van der Waals surface area contributed by atoms with Gasteiger partial charge < -0.3 is 25.5 Å². The first-order chi connectivity index (χ1) is 7.60. The molecular formula is C9H14N4O3. The van der Waals surface area contributed by atoms with Gasteiger partial charge in [-0.25, -0.2) is 0 Å². The van der Waals surface area contributed by atoms with Gasteiger partial charge in [0.05, 0.1) is 0 Å². The zero-order valence-corrected chi connectivity index (χ0v) is 9.17. The van der Waals surface area contributed by atoms with Crippen LogP contribution in [0, 0.1) is 5.21 Å². The fourth-order valence-corrected chi connectivity index (χ4v) is 1.73. The van der Waals surface area contributed by atoms with Crippen molar-refractivity contribution in [2.45, 2.75) is 13.8 Å². The van der Waals surface area contributed by atoms with Crippen LogP contribution in [0.1, 0.15) is 13.8 Å². The number of anilines is 2. The zero-order valence-electron chi connectivity index (χ0n) is 9.17. The summed E-state index contributed by atoms with van der Waals surface area (Å²) in [4.78, 5) is 2.59. The Kier molecular flexibility index (Phi) is 2.30. The van der Waals surface area contributed by atoms with Gasteiger partial charge in [0.1, 0.15) is 0 Å². The molecule has 2 rings (SSSR count). The van der Waals surface area contributed by atoms with Crippen molar-refractivity contribution < 1.29 is 14.5 Å². The van der Waals surface area contributed by atoms with Crippen molar-refractivity contribution in [2.75, 3.05) is 23.7 Å². The molecule has 7 heteroatoms.